The summed E-state index contributed by atoms with van der Waals surface area (Å²) < 4.78 is 5.83. The molecule has 0 spiro atoms. The fourth-order valence-electron chi connectivity index (χ4n) is 2.94. The Bertz CT molecular complexity index is 463. The van der Waals surface area contributed by atoms with E-state index in [-0.39, 0.29) is 5.91 Å². The van der Waals surface area contributed by atoms with Crippen LogP contribution >= 0.6 is 0 Å². The van der Waals surface area contributed by atoms with Crippen molar-refractivity contribution in [1.82, 2.24) is 10.2 Å². The molecule has 1 aromatic heterocycles. The van der Waals surface area contributed by atoms with E-state index in [4.69, 9.17) is 4.42 Å². The molecule has 4 nitrogen and oxygen atoms in total. The maximum atomic E-state index is 11.9. The molecule has 2 heterocycles. The first-order valence-corrected chi connectivity index (χ1v) is 7.81. The summed E-state index contributed by atoms with van der Waals surface area (Å²) in [6, 6.07) is 4.15. The fraction of sp³-hybridized carbons (Fsp3) is 0.688. The molecule has 1 aromatic rings. The number of furan rings is 1. The van der Waals surface area contributed by atoms with Gasteiger partial charge in [0.2, 0.25) is 5.91 Å². The third kappa shape index (κ3) is 3.23. The van der Waals surface area contributed by atoms with E-state index in [9.17, 15) is 4.79 Å². The maximum absolute atomic E-state index is 11.9. The number of carbonyl (C=O) groups is 1. The van der Waals surface area contributed by atoms with Crippen LogP contribution in [0.2, 0.25) is 0 Å². The molecular formula is C16H24N2O2. The third-order valence-corrected chi connectivity index (χ3v) is 4.43. The van der Waals surface area contributed by atoms with Gasteiger partial charge in [-0.25, -0.2) is 0 Å². The quantitative estimate of drug-likeness (QED) is 0.812. The number of amides is 1. The van der Waals surface area contributed by atoms with Gasteiger partial charge in [0.15, 0.2) is 0 Å². The maximum Gasteiger partial charge on any atom is 0.223 e. The number of hydrogen-bond donors (Lipinski definition) is 1. The lowest BCUT2D eigenvalue weighted by atomic mass is 10.3. The summed E-state index contributed by atoms with van der Waals surface area (Å²) in [5, 5.41) is 3.30. The van der Waals surface area contributed by atoms with Gasteiger partial charge in [-0.05, 0) is 37.3 Å². The zero-order chi connectivity index (χ0) is 13.9. The second-order valence-electron chi connectivity index (χ2n) is 6.14. The molecule has 2 atom stereocenters. The first kappa shape index (κ1) is 13.7. The van der Waals surface area contributed by atoms with Crippen LogP contribution in [0.1, 0.15) is 50.0 Å². The van der Waals surface area contributed by atoms with Gasteiger partial charge in [-0.2, -0.15) is 0 Å². The summed E-state index contributed by atoms with van der Waals surface area (Å²) in [4.78, 5) is 13.8. The lowest BCUT2D eigenvalue weighted by Gasteiger charge is -2.14. The molecule has 1 amide bonds. The zero-order valence-electron chi connectivity index (χ0n) is 12.2. The van der Waals surface area contributed by atoms with Crippen LogP contribution in [0.15, 0.2) is 16.5 Å². The van der Waals surface area contributed by atoms with Crippen LogP contribution in [0.25, 0.3) is 0 Å². The minimum Gasteiger partial charge on any atom is -0.464 e. The minimum atomic E-state index is 0.280. The lowest BCUT2D eigenvalue weighted by molar-refractivity contribution is -0.130. The van der Waals surface area contributed by atoms with Crippen LogP contribution in [0.5, 0.6) is 0 Å². The Hall–Kier alpha value is -1.29. The van der Waals surface area contributed by atoms with Gasteiger partial charge >= 0.3 is 0 Å². The van der Waals surface area contributed by atoms with E-state index in [0.29, 0.717) is 18.9 Å². The number of likely N-dealkylation sites (tertiary alicyclic amines) is 1. The number of nitrogens with zero attached hydrogens (tertiary/aromatic N) is 1. The van der Waals surface area contributed by atoms with E-state index in [2.05, 4.69) is 24.4 Å². The van der Waals surface area contributed by atoms with Crippen LogP contribution < -0.4 is 5.32 Å². The van der Waals surface area contributed by atoms with E-state index in [1.54, 1.807) is 0 Å². The molecule has 2 fully saturated rings. The molecule has 1 saturated carbocycles. The van der Waals surface area contributed by atoms with Crippen LogP contribution in [-0.2, 0) is 11.3 Å². The van der Waals surface area contributed by atoms with E-state index in [1.807, 2.05) is 4.90 Å². The second-order valence-corrected chi connectivity index (χ2v) is 6.14. The zero-order valence-corrected chi connectivity index (χ0v) is 12.2. The van der Waals surface area contributed by atoms with Crippen molar-refractivity contribution in [2.24, 2.45) is 5.92 Å². The molecule has 3 rings (SSSR count). The molecule has 0 aromatic carbocycles. The first-order valence-electron chi connectivity index (χ1n) is 7.81. The molecule has 110 valence electrons. The Kier molecular flexibility index (Phi) is 4.10. The van der Waals surface area contributed by atoms with Gasteiger partial charge < -0.3 is 14.6 Å². The largest absolute Gasteiger partial charge is 0.464 e. The summed E-state index contributed by atoms with van der Waals surface area (Å²) in [5.41, 5.74) is 0. The summed E-state index contributed by atoms with van der Waals surface area (Å²) in [7, 11) is 0. The fourth-order valence-corrected chi connectivity index (χ4v) is 2.94. The summed E-state index contributed by atoms with van der Waals surface area (Å²) in [6.45, 7) is 5.59. The average molecular weight is 276 g/mol. The van der Waals surface area contributed by atoms with E-state index >= 15 is 0 Å². The average Bonchev–Trinajstić information content (AvgIpc) is 2.93. The van der Waals surface area contributed by atoms with Crippen molar-refractivity contribution in [3.63, 3.8) is 0 Å². The SMILES string of the molecule is CC1CC1c1ccc(CNCCC(=O)N2CCCC2)o1. The topological polar surface area (TPSA) is 45.5 Å². The van der Waals surface area contributed by atoms with Gasteiger partial charge in [0, 0.05) is 32.0 Å². The van der Waals surface area contributed by atoms with Gasteiger partial charge in [0.05, 0.1) is 6.54 Å². The summed E-state index contributed by atoms with van der Waals surface area (Å²) in [5.74, 6) is 3.80. The number of nitrogens with one attached hydrogen (secondary N) is 1. The Morgan fingerprint density at radius 2 is 2.15 bits per heavy atom. The van der Waals surface area contributed by atoms with Crippen LogP contribution in [-0.4, -0.2) is 30.4 Å². The number of carbonyl (C=O) groups excluding carboxylic acids is 1. The highest BCUT2D eigenvalue weighted by Crippen LogP contribution is 2.47. The van der Waals surface area contributed by atoms with Gasteiger partial charge in [-0.1, -0.05) is 6.92 Å². The van der Waals surface area contributed by atoms with E-state index in [0.717, 1.165) is 49.9 Å². The number of hydrogen-bond acceptors (Lipinski definition) is 3. The summed E-state index contributed by atoms with van der Waals surface area (Å²) in [6.07, 6.45) is 4.17. The van der Waals surface area contributed by atoms with Crippen molar-refractivity contribution < 1.29 is 9.21 Å². The van der Waals surface area contributed by atoms with Crippen molar-refractivity contribution in [2.45, 2.75) is 45.1 Å². The normalized spacial score (nSPS) is 25.1. The van der Waals surface area contributed by atoms with E-state index in [1.165, 1.54) is 6.42 Å². The molecule has 1 aliphatic heterocycles. The Labute approximate surface area is 120 Å². The molecule has 1 N–H and O–H groups in total. The van der Waals surface area contributed by atoms with Crippen molar-refractivity contribution in [3.05, 3.63) is 23.7 Å². The molecule has 2 unspecified atom stereocenters. The molecular weight excluding hydrogens is 252 g/mol. The van der Waals surface area contributed by atoms with Crippen molar-refractivity contribution in [2.75, 3.05) is 19.6 Å². The molecule has 1 aliphatic carbocycles. The predicted molar refractivity (Wildman–Crippen MR) is 77.4 cm³/mol. The summed E-state index contributed by atoms with van der Waals surface area (Å²) >= 11 is 0. The molecule has 4 heteroatoms. The second kappa shape index (κ2) is 6.00. The monoisotopic (exact) mass is 276 g/mol. The molecule has 0 radical (unpaired) electrons. The van der Waals surface area contributed by atoms with Crippen molar-refractivity contribution >= 4 is 5.91 Å². The standard InChI is InChI=1S/C16H24N2O2/c1-12-10-14(12)15-5-4-13(20-15)11-17-7-6-16(19)18-8-2-3-9-18/h4-5,12,14,17H,2-3,6-11H2,1H3. The van der Waals surface area contributed by atoms with Crippen LogP contribution in [0.4, 0.5) is 0 Å². The first-order chi connectivity index (χ1) is 9.74. The lowest BCUT2D eigenvalue weighted by Crippen LogP contribution is -2.30. The Morgan fingerprint density at radius 3 is 2.85 bits per heavy atom. The predicted octanol–water partition coefficient (Wildman–Crippen LogP) is 2.51. The minimum absolute atomic E-state index is 0.280. The molecule has 0 bridgehead atoms. The van der Waals surface area contributed by atoms with Crippen LogP contribution in [0.3, 0.4) is 0 Å². The third-order valence-electron chi connectivity index (χ3n) is 4.43. The van der Waals surface area contributed by atoms with E-state index < -0.39 is 0 Å². The van der Waals surface area contributed by atoms with Crippen LogP contribution in [0, 0.1) is 5.92 Å². The highest BCUT2D eigenvalue weighted by atomic mass is 16.3. The van der Waals surface area contributed by atoms with Gasteiger partial charge in [-0.15, -0.1) is 0 Å². The molecule has 20 heavy (non-hydrogen) atoms. The van der Waals surface area contributed by atoms with Gasteiger partial charge in [-0.3, -0.25) is 4.79 Å². The highest BCUT2D eigenvalue weighted by molar-refractivity contribution is 5.76. The Morgan fingerprint density at radius 1 is 1.40 bits per heavy atom. The smallest absolute Gasteiger partial charge is 0.223 e. The Balaban J connectivity index is 1.35. The van der Waals surface area contributed by atoms with Gasteiger partial charge in [0.1, 0.15) is 11.5 Å². The van der Waals surface area contributed by atoms with Gasteiger partial charge in [0.25, 0.3) is 0 Å². The van der Waals surface area contributed by atoms with Crippen molar-refractivity contribution in [3.8, 4) is 0 Å². The molecule has 2 aliphatic rings. The van der Waals surface area contributed by atoms with Crippen molar-refractivity contribution in [1.29, 1.82) is 0 Å². The molecule has 1 saturated heterocycles. The highest BCUT2D eigenvalue weighted by Gasteiger charge is 2.36. The number of rotatable bonds is 6.